The summed E-state index contributed by atoms with van der Waals surface area (Å²) in [6.45, 7) is 10.4. The summed E-state index contributed by atoms with van der Waals surface area (Å²) in [5.74, 6) is 2.00. The van der Waals surface area contributed by atoms with E-state index in [1.165, 1.54) is 16.5 Å². The Balaban J connectivity index is 0.00000280. The van der Waals surface area contributed by atoms with Crippen LogP contribution in [-0.4, -0.2) is 14.5 Å². The van der Waals surface area contributed by atoms with Crippen LogP contribution in [0.15, 0.2) is 65.7 Å². The maximum atomic E-state index is 6.34. The second-order valence-electron chi connectivity index (χ2n) is 9.59. The Morgan fingerprint density at radius 3 is 2.41 bits per heavy atom. The Morgan fingerprint density at radius 2 is 1.62 bits per heavy atom. The quantitative estimate of drug-likeness (QED) is 0.141. The van der Waals surface area contributed by atoms with Crippen molar-refractivity contribution in [3.05, 3.63) is 94.7 Å². The molecule has 3 aromatic carbocycles. The summed E-state index contributed by atoms with van der Waals surface area (Å²) in [6.07, 6.45) is 1.85. The molecule has 0 spiro atoms. The predicted octanol–water partition coefficient (Wildman–Crippen LogP) is 7.76. The van der Waals surface area contributed by atoms with Gasteiger partial charge in [-0.3, -0.25) is 0 Å². The minimum Gasteiger partial charge on any atom is -0.777 e. The number of ether oxygens (including phenoxy) is 1. The van der Waals surface area contributed by atoms with Crippen molar-refractivity contribution in [1.82, 2.24) is 14.5 Å². The normalized spacial score (nSPS) is 11.3. The van der Waals surface area contributed by atoms with Crippen molar-refractivity contribution < 1.29 is 25.8 Å². The smallest absolute Gasteiger partial charge is 0.777 e. The Kier molecular flexibility index (Phi) is 6.55. The molecule has 0 atom stereocenters. The standard InChI is InChI=1S/C31H26N3OS.Pt/c1-17-10-11-32-27(14-17)34-26-16-23(8-9-24(26)25-13-18(2)12-20(4)29(25)34)35-31-21(5)15-22-7-6-19(3)30(36)28(22)33-31;/h6-15,36H,1-5H3;/q-1;+2/p-1. The topological polar surface area (TPSA) is 39.9 Å². The summed E-state index contributed by atoms with van der Waals surface area (Å²) < 4.78 is 8.52. The minimum atomic E-state index is 0. The number of nitrogens with zero attached hydrogens (tertiary/aromatic N) is 3. The molecule has 0 aliphatic rings. The summed E-state index contributed by atoms with van der Waals surface area (Å²) in [5, 5.41) is 3.31. The molecule has 0 aliphatic heterocycles. The first kappa shape index (κ1) is 25.4. The van der Waals surface area contributed by atoms with E-state index in [-0.39, 0.29) is 21.1 Å². The molecule has 0 aliphatic carbocycles. The van der Waals surface area contributed by atoms with E-state index in [4.69, 9.17) is 27.3 Å². The zero-order valence-electron chi connectivity index (χ0n) is 21.2. The van der Waals surface area contributed by atoms with E-state index in [9.17, 15) is 0 Å². The van der Waals surface area contributed by atoms with Crippen molar-refractivity contribution in [2.75, 3.05) is 0 Å². The molecule has 0 fully saturated rings. The second kappa shape index (κ2) is 9.55. The van der Waals surface area contributed by atoms with Crippen molar-refractivity contribution in [2.24, 2.45) is 0 Å². The van der Waals surface area contributed by atoms with Gasteiger partial charge in [-0.05, 0) is 74.7 Å². The van der Waals surface area contributed by atoms with Crippen molar-refractivity contribution in [2.45, 2.75) is 39.5 Å². The molecule has 0 radical (unpaired) electrons. The molecule has 0 bridgehead atoms. The van der Waals surface area contributed by atoms with Crippen LogP contribution in [0.25, 0.3) is 38.5 Å². The number of aryl methyl sites for hydroxylation is 5. The SMILES string of the molecule is Cc1ccnc(-n2c3[c-]c(Oc4nc5c([S-])c(C)ccc5cc4C)ccc3c3cc(C)cc(C)c32)c1.[Pt+2]. The van der Waals surface area contributed by atoms with E-state index in [0.717, 1.165) is 54.7 Å². The number of benzene rings is 3. The van der Waals surface area contributed by atoms with Gasteiger partial charge in [0.05, 0.1) is 5.52 Å². The third-order valence-corrected chi connectivity index (χ3v) is 7.21. The third-order valence-electron chi connectivity index (χ3n) is 6.70. The first-order valence-electron chi connectivity index (χ1n) is 12.0. The van der Waals surface area contributed by atoms with Crippen LogP contribution < -0.4 is 4.74 Å². The average molecular weight is 683 g/mol. The van der Waals surface area contributed by atoms with Crippen LogP contribution in [0, 0.1) is 40.7 Å². The molecular formula is C31H25N3OPtS. The van der Waals surface area contributed by atoms with Gasteiger partial charge in [0.25, 0.3) is 0 Å². The van der Waals surface area contributed by atoms with Gasteiger partial charge in [-0.1, -0.05) is 40.9 Å². The predicted molar refractivity (Wildman–Crippen MR) is 149 cm³/mol. The van der Waals surface area contributed by atoms with Gasteiger partial charge in [-0.15, -0.1) is 22.4 Å². The zero-order chi connectivity index (χ0) is 25.1. The molecule has 0 N–H and O–H groups in total. The van der Waals surface area contributed by atoms with Crippen LogP contribution in [-0.2, 0) is 33.7 Å². The number of fused-ring (bicyclic) bond motifs is 4. The summed E-state index contributed by atoms with van der Waals surface area (Å²) in [5.41, 5.74) is 8.40. The number of hydrogen-bond acceptors (Lipinski definition) is 4. The molecule has 37 heavy (non-hydrogen) atoms. The van der Waals surface area contributed by atoms with Gasteiger partial charge < -0.3 is 21.9 Å². The first-order chi connectivity index (χ1) is 17.3. The molecule has 0 unspecified atom stereocenters. The Hall–Kier alpha value is -3.27. The van der Waals surface area contributed by atoms with Gasteiger partial charge in [-0.2, -0.15) is 6.07 Å². The van der Waals surface area contributed by atoms with Gasteiger partial charge in [0.2, 0.25) is 5.88 Å². The fourth-order valence-electron chi connectivity index (χ4n) is 4.97. The van der Waals surface area contributed by atoms with Crippen LogP contribution in [0.1, 0.15) is 27.8 Å². The largest absolute Gasteiger partial charge is 2.00 e. The maximum absolute atomic E-state index is 6.34. The van der Waals surface area contributed by atoms with E-state index in [1.54, 1.807) is 0 Å². The van der Waals surface area contributed by atoms with E-state index in [1.807, 2.05) is 38.2 Å². The molecule has 4 nitrogen and oxygen atoms in total. The first-order valence-corrected chi connectivity index (χ1v) is 12.4. The van der Waals surface area contributed by atoms with Crippen molar-refractivity contribution in [3.63, 3.8) is 0 Å². The average Bonchev–Trinajstić information content (AvgIpc) is 3.16. The van der Waals surface area contributed by atoms with E-state index >= 15 is 0 Å². The molecule has 186 valence electrons. The molecule has 0 amide bonds. The fraction of sp³-hybridized carbons (Fsp3) is 0.161. The van der Waals surface area contributed by atoms with Gasteiger partial charge in [-0.25, -0.2) is 9.97 Å². The van der Waals surface area contributed by atoms with Crippen molar-refractivity contribution in [1.29, 1.82) is 0 Å². The number of rotatable bonds is 3. The van der Waals surface area contributed by atoms with E-state index in [0.29, 0.717) is 11.6 Å². The van der Waals surface area contributed by atoms with Gasteiger partial charge in [0.15, 0.2) is 0 Å². The molecular weight excluding hydrogens is 658 g/mol. The zero-order valence-corrected chi connectivity index (χ0v) is 24.3. The molecule has 3 heterocycles. The third kappa shape index (κ3) is 4.30. The summed E-state index contributed by atoms with van der Waals surface area (Å²) in [4.78, 5) is 10.3. The van der Waals surface area contributed by atoms with Crippen molar-refractivity contribution in [3.8, 4) is 17.4 Å². The number of pyridine rings is 2. The summed E-state index contributed by atoms with van der Waals surface area (Å²) in [6, 6.07) is 22.3. The van der Waals surface area contributed by atoms with Crippen LogP contribution in [0.3, 0.4) is 0 Å². The molecule has 6 rings (SSSR count). The second-order valence-corrected chi connectivity index (χ2v) is 9.99. The fourth-order valence-corrected chi connectivity index (χ4v) is 5.21. The Morgan fingerprint density at radius 1 is 0.811 bits per heavy atom. The number of aromatic nitrogens is 3. The van der Waals surface area contributed by atoms with Gasteiger partial charge in [0.1, 0.15) is 5.82 Å². The maximum Gasteiger partial charge on any atom is 2.00 e. The minimum absolute atomic E-state index is 0. The van der Waals surface area contributed by atoms with Gasteiger partial charge >= 0.3 is 21.1 Å². The van der Waals surface area contributed by atoms with Crippen LogP contribution in [0.4, 0.5) is 0 Å². The van der Waals surface area contributed by atoms with Crippen LogP contribution in [0.5, 0.6) is 11.6 Å². The summed E-state index contributed by atoms with van der Waals surface area (Å²) in [7, 11) is 0. The monoisotopic (exact) mass is 682 g/mol. The molecule has 0 saturated heterocycles. The van der Waals surface area contributed by atoms with Crippen LogP contribution in [0.2, 0.25) is 0 Å². The molecule has 6 aromatic rings. The van der Waals surface area contributed by atoms with Crippen molar-refractivity contribution >= 4 is 45.3 Å². The molecule has 6 heteroatoms. The Labute approximate surface area is 236 Å². The van der Waals surface area contributed by atoms with Crippen LogP contribution >= 0.6 is 0 Å². The Bertz CT molecular complexity index is 1840. The molecule has 0 saturated carbocycles. The van der Waals surface area contributed by atoms with Gasteiger partial charge in [0, 0.05) is 23.0 Å². The number of hydrogen-bond donors (Lipinski definition) is 0. The summed E-state index contributed by atoms with van der Waals surface area (Å²) >= 11 is 5.63. The van der Waals surface area contributed by atoms with E-state index in [2.05, 4.69) is 67.8 Å². The molecule has 3 aromatic heterocycles. The van der Waals surface area contributed by atoms with E-state index < -0.39 is 0 Å².